The summed E-state index contributed by atoms with van der Waals surface area (Å²) in [6.07, 6.45) is 2.48. The number of hydrogen-bond acceptors (Lipinski definition) is 1. The van der Waals surface area contributed by atoms with E-state index in [0.29, 0.717) is 5.41 Å². The van der Waals surface area contributed by atoms with Gasteiger partial charge in [-0.25, -0.2) is 0 Å². The molecule has 2 aliphatic rings. The van der Waals surface area contributed by atoms with Crippen LogP contribution in [0.15, 0.2) is 0 Å². The molecule has 0 bridgehead atoms. The maximum atomic E-state index is 10.1. The number of aliphatic hydroxyl groups is 1. The molecule has 1 heteroatoms. The maximum absolute atomic E-state index is 10.1. The van der Waals surface area contributed by atoms with Crippen molar-refractivity contribution in [1.29, 1.82) is 0 Å². The first-order valence-electron chi connectivity index (χ1n) is 5.11. The Morgan fingerprint density at radius 2 is 1.58 bits per heavy atom. The van der Waals surface area contributed by atoms with Crippen molar-refractivity contribution in [2.75, 3.05) is 0 Å². The zero-order valence-electron chi connectivity index (χ0n) is 8.59. The molecule has 2 saturated carbocycles. The first kappa shape index (κ1) is 8.55. The van der Waals surface area contributed by atoms with Crippen molar-refractivity contribution in [1.82, 2.24) is 0 Å². The van der Waals surface area contributed by atoms with Gasteiger partial charge in [-0.3, -0.25) is 0 Å². The molecule has 2 aliphatic carbocycles. The average molecular weight is 168 g/mol. The summed E-state index contributed by atoms with van der Waals surface area (Å²) in [7, 11) is 0. The Labute approximate surface area is 75.2 Å². The zero-order valence-corrected chi connectivity index (χ0v) is 8.59. The van der Waals surface area contributed by atoms with Crippen LogP contribution in [0, 0.1) is 23.2 Å². The Morgan fingerprint density at radius 1 is 1.17 bits per heavy atom. The van der Waals surface area contributed by atoms with Gasteiger partial charge >= 0.3 is 0 Å². The summed E-state index contributed by atoms with van der Waals surface area (Å²) < 4.78 is 0. The van der Waals surface area contributed by atoms with E-state index in [-0.39, 0.29) is 0 Å². The summed E-state index contributed by atoms with van der Waals surface area (Å²) in [6, 6.07) is 0. The molecular formula is C11H20O. The molecule has 70 valence electrons. The highest BCUT2D eigenvalue weighted by atomic mass is 16.3. The minimum Gasteiger partial charge on any atom is -0.390 e. The fraction of sp³-hybridized carbons (Fsp3) is 1.00. The standard InChI is InChI=1S/C11H20O/c1-7-5-11(10(3,4)12)6-8(2)9(7)11/h7-9,12H,5-6H2,1-4H3. The first-order valence-corrected chi connectivity index (χ1v) is 5.11. The van der Waals surface area contributed by atoms with Gasteiger partial charge in [0.25, 0.3) is 0 Å². The molecule has 0 aromatic carbocycles. The van der Waals surface area contributed by atoms with Gasteiger partial charge in [0.05, 0.1) is 5.60 Å². The van der Waals surface area contributed by atoms with E-state index in [0.717, 1.165) is 17.8 Å². The minimum atomic E-state index is -0.448. The van der Waals surface area contributed by atoms with E-state index in [1.54, 1.807) is 0 Å². The Balaban J connectivity index is 2.18. The van der Waals surface area contributed by atoms with E-state index in [4.69, 9.17) is 0 Å². The molecule has 0 aromatic heterocycles. The second kappa shape index (κ2) is 2.06. The monoisotopic (exact) mass is 168 g/mol. The van der Waals surface area contributed by atoms with Gasteiger partial charge in [-0.2, -0.15) is 0 Å². The van der Waals surface area contributed by atoms with Crippen LogP contribution in [0.1, 0.15) is 40.5 Å². The van der Waals surface area contributed by atoms with Crippen molar-refractivity contribution < 1.29 is 5.11 Å². The molecule has 0 amide bonds. The van der Waals surface area contributed by atoms with E-state index in [2.05, 4.69) is 13.8 Å². The smallest absolute Gasteiger partial charge is 0.0650 e. The number of rotatable bonds is 1. The molecule has 0 radical (unpaired) electrons. The number of hydrogen-bond donors (Lipinski definition) is 1. The third-order valence-corrected chi connectivity index (χ3v) is 4.46. The van der Waals surface area contributed by atoms with Crippen molar-refractivity contribution in [3.8, 4) is 0 Å². The summed E-state index contributed by atoms with van der Waals surface area (Å²) in [5.74, 6) is 2.50. The zero-order chi connectivity index (χ0) is 9.15. The molecule has 0 spiro atoms. The van der Waals surface area contributed by atoms with E-state index in [9.17, 15) is 5.11 Å². The highest BCUT2D eigenvalue weighted by Gasteiger charge is 2.67. The summed E-state index contributed by atoms with van der Waals surface area (Å²) in [5.41, 5.74) is -0.150. The second-order valence-corrected chi connectivity index (χ2v) is 5.60. The fourth-order valence-corrected chi connectivity index (χ4v) is 4.00. The van der Waals surface area contributed by atoms with Gasteiger partial charge < -0.3 is 5.11 Å². The van der Waals surface area contributed by atoms with Crippen LogP contribution in [0.2, 0.25) is 0 Å². The van der Waals surface area contributed by atoms with Crippen molar-refractivity contribution in [3.05, 3.63) is 0 Å². The van der Waals surface area contributed by atoms with Crippen molar-refractivity contribution >= 4 is 0 Å². The predicted octanol–water partition coefficient (Wildman–Crippen LogP) is 2.44. The Kier molecular flexibility index (Phi) is 1.47. The Hall–Kier alpha value is -0.0400. The van der Waals surface area contributed by atoms with E-state index in [1.807, 2.05) is 13.8 Å². The van der Waals surface area contributed by atoms with Gasteiger partial charge in [0.15, 0.2) is 0 Å². The maximum Gasteiger partial charge on any atom is 0.0650 e. The molecule has 2 atom stereocenters. The lowest BCUT2D eigenvalue weighted by atomic mass is 9.35. The molecule has 0 aliphatic heterocycles. The molecule has 2 rings (SSSR count). The van der Waals surface area contributed by atoms with Crippen LogP contribution in [0.25, 0.3) is 0 Å². The van der Waals surface area contributed by atoms with Crippen LogP contribution >= 0.6 is 0 Å². The molecular weight excluding hydrogens is 148 g/mol. The SMILES string of the molecule is CC1CC2(C(C)(C)O)CC(C)C12. The molecule has 0 heterocycles. The average Bonchev–Trinajstić information content (AvgIpc) is 1.80. The van der Waals surface area contributed by atoms with Gasteiger partial charge in [-0.15, -0.1) is 0 Å². The third-order valence-electron chi connectivity index (χ3n) is 4.46. The summed E-state index contributed by atoms with van der Waals surface area (Å²) in [6.45, 7) is 8.62. The Bertz CT molecular complexity index is 190. The van der Waals surface area contributed by atoms with Crippen LogP contribution in [0.3, 0.4) is 0 Å². The molecule has 1 N–H and O–H groups in total. The van der Waals surface area contributed by atoms with Gasteiger partial charge in [0, 0.05) is 5.41 Å². The quantitative estimate of drug-likeness (QED) is 0.637. The van der Waals surface area contributed by atoms with Crippen LogP contribution in [-0.2, 0) is 0 Å². The Morgan fingerprint density at radius 3 is 1.75 bits per heavy atom. The highest BCUT2D eigenvalue weighted by molar-refractivity contribution is 5.16. The van der Waals surface area contributed by atoms with E-state index in [1.165, 1.54) is 12.8 Å². The van der Waals surface area contributed by atoms with Gasteiger partial charge in [0.1, 0.15) is 0 Å². The predicted molar refractivity (Wildman–Crippen MR) is 49.8 cm³/mol. The third kappa shape index (κ3) is 0.736. The lowest BCUT2D eigenvalue weighted by molar-refractivity contribution is -0.264. The van der Waals surface area contributed by atoms with Gasteiger partial charge in [-0.1, -0.05) is 13.8 Å². The first-order chi connectivity index (χ1) is 5.38. The van der Waals surface area contributed by atoms with Crippen LogP contribution in [0.4, 0.5) is 0 Å². The topological polar surface area (TPSA) is 20.2 Å². The van der Waals surface area contributed by atoms with Crippen LogP contribution in [0.5, 0.6) is 0 Å². The van der Waals surface area contributed by atoms with Crippen molar-refractivity contribution in [2.45, 2.75) is 46.1 Å². The molecule has 0 aromatic rings. The summed E-state index contributed by atoms with van der Waals surface area (Å²) in [5, 5.41) is 10.1. The van der Waals surface area contributed by atoms with E-state index >= 15 is 0 Å². The summed E-state index contributed by atoms with van der Waals surface area (Å²) >= 11 is 0. The van der Waals surface area contributed by atoms with Crippen LogP contribution < -0.4 is 0 Å². The molecule has 1 nitrogen and oxygen atoms in total. The van der Waals surface area contributed by atoms with Crippen LogP contribution in [-0.4, -0.2) is 10.7 Å². The largest absolute Gasteiger partial charge is 0.390 e. The minimum absolute atomic E-state index is 0.297. The molecule has 12 heavy (non-hydrogen) atoms. The molecule has 0 saturated heterocycles. The highest BCUT2D eigenvalue weighted by Crippen LogP contribution is 2.71. The van der Waals surface area contributed by atoms with Crippen molar-refractivity contribution in [2.24, 2.45) is 23.2 Å². The van der Waals surface area contributed by atoms with Gasteiger partial charge in [0.2, 0.25) is 0 Å². The molecule has 2 fully saturated rings. The van der Waals surface area contributed by atoms with E-state index < -0.39 is 5.60 Å². The molecule has 2 unspecified atom stereocenters. The van der Waals surface area contributed by atoms with Crippen molar-refractivity contribution in [3.63, 3.8) is 0 Å². The normalized spacial score (nSPS) is 52.2. The second-order valence-electron chi connectivity index (χ2n) is 5.60. The lowest BCUT2D eigenvalue weighted by Crippen LogP contribution is -2.68. The summed E-state index contributed by atoms with van der Waals surface area (Å²) in [4.78, 5) is 0. The lowest BCUT2D eigenvalue weighted by Gasteiger charge is -2.71. The number of fused-ring (bicyclic) bond motifs is 1. The fourth-order valence-electron chi connectivity index (χ4n) is 4.00. The van der Waals surface area contributed by atoms with Gasteiger partial charge in [-0.05, 0) is 44.4 Å².